The molecule has 1 heterocycles. The van der Waals surface area contributed by atoms with Gasteiger partial charge in [-0.3, -0.25) is 9.69 Å². The van der Waals surface area contributed by atoms with E-state index in [4.69, 9.17) is 5.11 Å². The summed E-state index contributed by atoms with van der Waals surface area (Å²) in [4.78, 5) is 14.9. The van der Waals surface area contributed by atoms with E-state index in [1.807, 2.05) is 12.1 Å². The van der Waals surface area contributed by atoms with Gasteiger partial charge in [0.2, 0.25) is 0 Å². The van der Waals surface area contributed by atoms with E-state index in [2.05, 4.69) is 9.80 Å². The molecule has 19 heavy (non-hydrogen) atoms. The number of rotatable bonds is 5. The number of hydrogen-bond acceptors (Lipinski definition) is 3. The number of carboxylic acids is 1. The van der Waals surface area contributed by atoms with Crippen LogP contribution < -0.4 is 0 Å². The van der Waals surface area contributed by atoms with Gasteiger partial charge in [0.1, 0.15) is 5.82 Å². The summed E-state index contributed by atoms with van der Waals surface area (Å²) < 4.78 is 13.5. The summed E-state index contributed by atoms with van der Waals surface area (Å²) in [5.41, 5.74) is 0.724. The molecule has 1 fully saturated rings. The number of piperazine rings is 1. The summed E-state index contributed by atoms with van der Waals surface area (Å²) in [6.45, 7) is 4.63. The van der Waals surface area contributed by atoms with Crippen LogP contribution in [0.15, 0.2) is 24.3 Å². The molecule has 0 spiro atoms. The second kappa shape index (κ2) is 6.63. The third-order valence-corrected chi connectivity index (χ3v) is 3.46. The van der Waals surface area contributed by atoms with Crippen LogP contribution in [0.25, 0.3) is 0 Å². The first kappa shape index (κ1) is 14.0. The van der Waals surface area contributed by atoms with E-state index in [0.717, 1.165) is 31.7 Å². The number of carboxylic acid groups (broad SMARTS) is 1. The molecule has 0 unspecified atom stereocenters. The standard InChI is InChI=1S/C14H19FN2O2/c15-13-4-2-1-3-12(13)11-17-9-7-16(8-10-17)6-5-14(18)19/h1-4H,5-11H2,(H,18,19). The van der Waals surface area contributed by atoms with E-state index in [-0.39, 0.29) is 12.2 Å². The van der Waals surface area contributed by atoms with Crippen molar-refractivity contribution in [1.82, 2.24) is 9.80 Å². The summed E-state index contributed by atoms with van der Waals surface area (Å²) in [7, 11) is 0. The molecule has 0 amide bonds. The molecular weight excluding hydrogens is 247 g/mol. The van der Waals surface area contributed by atoms with E-state index in [0.29, 0.717) is 13.1 Å². The van der Waals surface area contributed by atoms with Gasteiger partial charge in [0.05, 0.1) is 6.42 Å². The number of hydrogen-bond donors (Lipinski definition) is 1. The van der Waals surface area contributed by atoms with Crippen molar-refractivity contribution in [2.75, 3.05) is 32.7 Å². The predicted molar refractivity (Wildman–Crippen MR) is 70.4 cm³/mol. The fourth-order valence-corrected chi connectivity index (χ4v) is 2.29. The van der Waals surface area contributed by atoms with E-state index in [1.54, 1.807) is 6.07 Å². The summed E-state index contributed by atoms with van der Waals surface area (Å²) in [5.74, 6) is -0.912. The molecular formula is C14H19FN2O2. The Labute approximate surface area is 112 Å². The molecule has 1 saturated heterocycles. The highest BCUT2D eigenvalue weighted by molar-refractivity contribution is 5.66. The molecule has 1 aliphatic heterocycles. The highest BCUT2D eigenvalue weighted by Gasteiger charge is 2.18. The van der Waals surface area contributed by atoms with Crippen molar-refractivity contribution in [3.8, 4) is 0 Å². The highest BCUT2D eigenvalue weighted by Crippen LogP contribution is 2.12. The van der Waals surface area contributed by atoms with Crippen LogP contribution in [0.3, 0.4) is 0 Å². The Morgan fingerprint density at radius 3 is 2.42 bits per heavy atom. The Hall–Kier alpha value is -1.46. The van der Waals surface area contributed by atoms with Crippen LogP contribution in [0, 0.1) is 5.82 Å². The average molecular weight is 266 g/mol. The first-order valence-corrected chi connectivity index (χ1v) is 6.55. The van der Waals surface area contributed by atoms with E-state index in [9.17, 15) is 9.18 Å². The number of benzene rings is 1. The van der Waals surface area contributed by atoms with Crippen molar-refractivity contribution in [3.05, 3.63) is 35.6 Å². The molecule has 1 aromatic carbocycles. The molecule has 104 valence electrons. The second-order valence-electron chi connectivity index (χ2n) is 4.85. The topological polar surface area (TPSA) is 43.8 Å². The summed E-state index contributed by atoms with van der Waals surface area (Å²) in [6.07, 6.45) is 0.188. The summed E-state index contributed by atoms with van der Waals surface area (Å²) in [6, 6.07) is 6.84. The molecule has 0 radical (unpaired) electrons. The van der Waals surface area contributed by atoms with Crippen LogP contribution in [0.4, 0.5) is 4.39 Å². The van der Waals surface area contributed by atoms with Crippen LogP contribution in [-0.4, -0.2) is 53.6 Å². The van der Waals surface area contributed by atoms with Gasteiger partial charge in [0.15, 0.2) is 0 Å². The largest absolute Gasteiger partial charge is 0.481 e. The predicted octanol–water partition coefficient (Wildman–Crippen LogP) is 1.42. The zero-order valence-corrected chi connectivity index (χ0v) is 10.9. The molecule has 1 aromatic rings. The lowest BCUT2D eigenvalue weighted by molar-refractivity contribution is -0.137. The van der Waals surface area contributed by atoms with Crippen LogP contribution in [0.1, 0.15) is 12.0 Å². The minimum absolute atomic E-state index is 0.157. The molecule has 0 aromatic heterocycles. The van der Waals surface area contributed by atoms with Gasteiger partial charge in [-0.2, -0.15) is 0 Å². The summed E-state index contributed by atoms with van der Waals surface area (Å²) in [5, 5.41) is 8.64. The van der Waals surface area contributed by atoms with Crippen molar-refractivity contribution < 1.29 is 14.3 Å². The van der Waals surface area contributed by atoms with Gasteiger partial charge in [-0.05, 0) is 6.07 Å². The van der Waals surface area contributed by atoms with Crippen molar-refractivity contribution in [2.45, 2.75) is 13.0 Å². The first-order valence-electron chi connectivity index (χ1n) is 6.55. The zero-order valence-electron chi connectivity index (χ0n) is 10.9. The molecule has 1 aliphatic rings. The van der Waals surface area contributed by atoms with Gasteiger partial charge in [-0.25, -0.2) is 4.39 Å². The van der Waals surface area contributed by atoms with Crippen molar-refractivity contribution in [1.29, 1.82) is 0 Å². The minimum Gasteiger partial charge on any atom is -0.481 e. The molecule has 5 heteroatoms. The molecule has 0 aliphatic carbocycles. The molecule has 1 N–H and O–H groups in total. The van der Waals surface area contributed by atoms with E-state index in [1.165, 1.54) is 6.07 Å². The minimum atomic E-state index is -0.756. The van der Waals surface area contributed by atoms with Crippen molar-refractivity contribution >= 4 is 5.97 Å². The van der Waals surface area contributed by atoms with Crippen molar-refractivity contribution in [2.24, 2.45) is 0 Å². The third kappa shape index (κ3) is 4.29. The normalized spacial score (nSPS) is 17.5. The number of halogens is 1. The monoisotopic (exact) mass is 266 g/mol. The molecule has 0 saturated carbocycles. The second-order valence-corrected chi connectivity index (χ2v) is 4.85. The Balaban J connectivity index is 1.77. The Morgan fingerprint density at radius 2 is 1.79 bits per heavy atom. The van der Waals surface area contributed by atoms with Gasteiger partial charge in [0, 0.05) is 44.8 Å². The molecule has 0 atom stereocenters. The SMILES string of the molecule is O=C(O)CCN1CCN(Cc2ccccc2F)CC1. The van der Waals surface area contributed by atoms with Crippen LogP contribution in [0.2, 0.25) is 0 Å². The maximum Gasteiger partial charge on any atom is 0.304 e. The van der Waals surface area contributed by atoms with Crippen LogP contribution in [-0.2, 0) is 11.3 Å². The molecule has 4 nitrogen and oxygen atoms in total. The number of carbonyl (C=O) groups is 1. The lowest BCUT2D eigenvalue weighted by atomic mass is 10.2. The lowest BCUT2D eigenvalue weighted by Gasteiger charge is -2.34. The van der Waals surface area contributed by atoms with Gasteiger partial charge in [-0.15, -0.1) is 0 Å². The zero-order chi connectivity index (χ0) is 13.7. The van der Waals surface area contributed by atoms with E-state index >= 15 is 0 Å². The van der Waals surface area contributed by atoms with Crippen LogP contribution >= 0.6 is 0 Å². The maximum absolute atomic E-state index is 13.5. The quantitative estimate of drug-likeness (QED) is 0.875. The van der Waals surface area contributed by atoms with Gasteiger partial charge < -0.3 is 10.0 Å². The van der Waals surface area contributed by atoms with Gasteiger partial charge in [-0.1, -0.05) is 18.2 Å². The highest BCUT2D eigenvalue weighted by atomic mass is 19.1. The Morgan fingerprint density at radius 1 is 1.16 bits per heavy atom. The van der Waals surface area contributed by atoms with Gasteiger partial charge in [0.25, 0.3) is 0 Å². The first-order chi connectivity index (χ1) is 9.15. The average Bonchev–Trinajstić information content (AvgIpc) is 2.40. The third-order valence-electron chi connectivity index (χ3n) is 3.46. The summed E-state index contributed by atoms with van der Waals surface area (Å²) >= 11 is 0. The maximum atomic E-state index is 13.5. The molecule has 0 bridgehead atoms. The fraction of sp³-hybridized carbons (Fsp3) is 0.500. The van der Waals surface area contributed by atoms with E-state index < -0.39 is 5.97 Å². The van der Waals surface area contributed by atoms with Crippen LogP contribution in [0.5, 0.6) is 0 Å². The fourth-order valence-electron chi connectivity index (χ4n) is 2.29. The Kier molecular flexibility index (Phi) is 4.87. The van der Waals surface area contributed by atoms with Crippen molar-refractivity contribution in [3.63, 3.8) is 0 Å². The smallest absolute Gasteiger partial charge is 0.304 e. The van der Waals surface area contributed by atoms with Gasteiger partial charge >= 0.3 is 5.97 Å². The Bertz CT molecular complexity index is 431. The number of aliphatic carboxylic acids is 1. The number of nitrogens with zero attached hydrogens (tertiary/aromatic N) is 2. The lowest BCUT2D eigenvalue weighted by Crippen LogP contribution is -2.46. The molecule has 2 rings (SSSR count).